The van der Waals surface area contributed by atoms with Gasteiger partial charge in [0.15, 0.2) is 0 Å². The molecule has 0 unspecified atom stereocenters. The van der Waals surface area contributed by atoms with Gasteiger partial charge in [0.05, 0.1) is 19.8 Å². The van der Waals surface area contributed by atoms with Gasteiger partial charge in [0, 0.05) is 18.9 Å². The highest BCUT2D eigenvalue weighted by Gasteiger charge is 2.50. The molecule has 1 aliphatic carbocycles. The minimum absolute atomic E-state index is 0.114. The fourth-order valence-electron chi connectivity index (χ4n) is 4.96. The third-order valence-electron chi connectivity index (χ3n) is 6.76. The van der Waals surface area contributed by atoms with Gasteiger partial charge in [-0.05, 0) is 28.3 Å². The number of aliphatic hydroxyl groups is 1. The molecule has 3 atom stereocenters. The van der Waals surface area contributed by atoms with E-state index in [-0.39, 0.29) is 29.4 Å². The molecule has 0 heterocycles. The predicted molar refractivity (Wildman–Crippen MR) is 135 cm³/mol. The van der Waals surface area contributed by atoms with E-state index in [9.17, 15) is 9.90 Å². The Labute approximate surface area is 199 Å². The zero-order valence-electron chi connectivity index (χ0n) is 20.4. The second-order valence-electron chi connectivity index (χ2n) is 9.77. The Bertz CT molecular complexity index is 887. The molecule has 0 bridgehead atoms. The molecule has 178 valence electrons. The third kappa shape index (κ3) is 5.30. The summed E-state index contributed by atoms with van der Waals surface area (Å²) in [6, 6.07) is 20.8. The third-order valence-corrected chi connectivity index (χ3v) is 11.8. The highest BCUT2D eigenvalue weighted by Crippen LogP contribution is 2.38. The van der Waals surface area contributed by atoms with E-state index in [1.807, 2.05) is 48.6 Å². The molecule has 0 radical (unpaired) electrons. The number of carbonyl (C=O) groups excluding carboxylic acids is 1. The Balaban J connectivity index is 1.94. The second kappa shape index (κ2) is 10.8. The fraction of sp³-hybridized carbons (Fsp3) is 0.444. The molecule has 0 spiro atoms. The van der Waals surface area contributed by atoms with Gasteiger partial charge >= 0.3 is 0 Å². The van der Waals surface area contributed by atoms with Crippen LogP contribution in [0.2, 0.25) is 5.04 Å². The largest absolute Gasteiger partial charge is 0.405 e. The van der Waals surface area contributed by atoms with Crippen LogP contribution in [0.5, 0.6) is 0 Å². The summed E-state index contributed by atoms with van der Waals surface area (Å²) < 4.78 is 6.90. The van der Waals surface area contributed by atoms with Crippen molar-refractivity contribution >= 4 is 24.6 Å². The van der Waals surface area contributed by atoms with Crippen LogP contribution < -0.4 is 10.4 Å². The first-order valence-electron chi connectivity index (χ1n) is 11.6. The smallest absolute Gasteiger partial charge is 0.261 e. The van der Waals surface area contributed by atoms with Gasteiger partial charge in [0.25, 0.3) is 8.32 Å². The van der Waals surface area contributed by atoms with E-state index in [1.165, 1.54) is 22.5 Å². The van der Waals surface area contributed by atoms with E-state index in [0.29, 0.717) is 12.8 Å². The lowest BCUT2D eigenvalue weighted by atomic mass is 9.79. The summed E-state index contributed by atoms with van der Waals surface area (Å²) in [4.78, 5) is 18.0. The molecule has 2 aromatic carbocycles. The van der Waals surface area contributed by atoms with Crippen molar-refractivity contribution in [2.45, 2.75) is 44.8 Å². The van der Waals surface area contributed by atoms with E-state index in [2.05, 4.69) is 45.0 Å². The van der Waals surface area contributed by atoms with Crippen molar-refractivity contribution in [2.24, 2.45) is 11.8 Å². The monoisotopic (exact) mass is 467 g/mol. The molecule has 0 aliphatic heterocycles. The lowest BCUT2D eigenvalue weighted by molar-refractivity contribution is -0.177. The minimum Gasteiger partial charge on any atom is -0.405 e. The Morgan fingerprint density at radius 3 is 2.03 bits per heavy atom. The first kappa shape index (κ1) is 25.4. The summed E-state index contributed by atoms with van der Waals surface area (Å²) in [6.07, 6.45) is 4.52. The summed E-state index contributed by atoms with van der Waals surface area (Å²) in [7, 11) is 0.343. The van der Waals surface area contributed by atoms with Gasteiger partial charge in [-0.25, -0.2) is 5.06 Å². The number of nitrogens with zero attached hydrogens (tertiary/aromatic N) is 1. The van der Waals surface area contributed by atoms with Gasteiger partial charge in [-0.2, -0.15) is 0 Å². The van der Waals surface area contributed by atoms with Crippen molar-refractivity contribution < 1.29 is 19.2 Å². The van der Waals surface area contributed by atoms with Gasteiger partial charge in [-0.15, -0.1) is 0 Å². The number of aliphatic hydroxyl groups excluding tert-OH is 1. The number of carbonyl (C=O) groups is 1. The predicted octanol–water partition coefficient (Wildman–Crippen LogP) is 3.53. The molecule has 1 aliphatic rings. The van der Waals surface area contributed by atoms with Crippen molar-refractivity contribution in [1.82, 2.24) is 5.06 Å². The number of benzene rings is 2. The first-order valence-corrected chi connectivity index (χ1v) is 13.5. The van der Waals surface area contributed by atoms with Crippen LogP contribution in [0.3, 0.4) is 0 Å². The van der Waals surface area contributed by atoms with Gasteiger partial charge in [-0.3, -0.25) is 9.63 Å². The van der Waals surface area contributed by atoms with Crippen molar-refractivity contribution in [1.29, 1.82) is 0 Å². The molecule has 2 aromatic rings. The molecule has 3 rings (SSSR count). The number of allylic oxidation sites excluding steroid dienone is 2. The van der Waals surface area contributed by atoms with Crippen molar-refractivity contribution in [3.05, 3.63) is 72.8 Å². The molecule has 0 saturated heterocycles. The van der Waals surface area contributed by atoms with E-state index in [0.717, 1.165) is 0 Å². The molecule has 0 saturated carbocycles. The van der Waals surface area contributed by atoms with Crippen LogP contribution in [-0.4, -0.2) is 51.3 Å². The highest BCUT2D eigenvalue weighted by molar-refractivity contribution is 6.99. The van der Waals surface area contributed by atoms with Crippen LogP contribution in [0.4, 0.5) is 0 Å². The Morgan fingerprint density at radius 2 is 1.55 bits per heavy atom. The van der Waals surface area contributed by atoms with Crippen LogP contribution in [0.25, 0.3) is 0 Å². The molecule has 1 amide bonds. The van der Waals surface area contributed by atoms with Gasteiger partial charge in [-0.1, -0.05) is 93.6 Å². The maximum absolute atomic E-state index is 12.9. The van der Waals surface area contributed by atoms with E-state index >= 15 is 0 Å². The number of hydroxylamine groups is 2. The van der Waals surface area contributed by atoms with Crippen LogP contribution >= 0.6 is 0 Å². The van der Waals surface area contributed by atoms with Crippen LogP contribution in [0, 0.1) is 11.8 Å². The fourth-order valence-corrected chi connectivity index (χ4v) is 9.54. The number of hydrogen-bond donors (Lipinski definition) is 1. The molecule has 0 fully saturated rings. The number of hydrogen-bond acceptors (Lipinski definition) is 4. The lowest BCUT2D eigenvalue weighted by Crippen LogP contribution is -2.67. The normalized spacial score (nSPS) is 19.8. The van der Waals surface area contributed by atoms with E-state index in [1.54, 1.807) is 7.05 Å². The highest BCUT2D eigenvalue weighted by atomic mass is 28.4. The molecule has 6 heteroatoms. The zero-order chi connectivity index (χ0) is 24.1. The Hall–Kier alpha value is -2.25. The van der Waals surface area contributed by atoms with Crippen molar-refractivity contribution in [2.75, 3.05) is 20.8 Å². The maximum Gasteiger partial charge on any atom is 0.261 e. The van der Waals surface area contributed by atoms with Gasteiger partial charge in [0.2, 0.25) is 5.91 Å². The molecule has 1 N–H and O–H groups in total. The van der Waals surface area contributed by atoms with Gasteiger partial charge < -0.3 is 9.53 Å². The Morgan fingerprint density at radius 1 is 1.03 bits per heavy atom. The van der Waals surface area contributed by atoms with Crippen LogP contribution in [0.1, 0.15) is 33.6 Å². The molecular weight excluding hydrogens is 430 g/mol. The standard InChI is InChI=1S/C27H37NO4Si/c1-27(2,3)33(21-14-8-6-9-15-21,22-16-10-7-11-17-22)32-20-25(29)23-18-12-13-19-24(23)26(30)28(4)31-5/h6-17,23-25,29H,18-20H2,1-5H3/t23-,24+,25+/m0/s1. The SMILES string of the molecule is CON(C)C(=O)[C@@H]1CC=CC[C@@H]1[C@H](O)CO[Si](c1ccccc1)(c1ccccc1)C(C)(C)C. The number of amides is 1. The molecule has 5 nitrogen and oxygen atoms in total. The summed E-state index contributed by atoms with van der Waals surface area (Å²) in [5.74, 6) is -0.674. The molecule has 33 heavy (non-hydrogen) atoms. The Kier molecular flexibility index (Phi) is 8.29. The maximum atomic E-state index is 12.9. The number of rotatable bonds is 8. The van der Waals surface area contributed by atoms with Crippen molar-refractivity contribution in [3.8, 4) is 0 Å². The molecule has 0 aromatic heterocycles. The summed E-state index contributed by atoms with van der Waals surface area (Å²) >= 11 is 0. The lowest BCUT2D eigenvalue weighted by Gasteiger charge is -2.44. The second-order valence-corrected chi connectivity index (χ2v) is 14.1. The minimum atomic E-state index is -2.75. The van der Waals surface area contributed by atoms with E-state index in [4.69, 9.17) is 9.26 Å². The van der Waals surface area contributed by atoms with E-state index < -0.39 is 14.4 Å². The quantitative estimate of drug-likeness (QED) is 0.367. The zero-order valence-corrected chi connectivity index (χ0v) is 21.4. The first-order chi connectivity index (χ1) is 15.7. The average Bonchev–Trinajstić information content (AvgIpc) is 2.83. The summed E-state index contributed by atoms with van der Waals surface area (Å²) in [5, 5.41) is 14.8. The average molecular weight is 468 g/mol. The van der Waals surface area contributed by atoms with Crippen LogP contribution in [-0.2, 0) is 14.1 Å². The van der Waals surface area contributed by atoms with Crippen molar-refractivity contribution in [3.63, 3.8) is 0 Å². The topological polar surface area (TPSA) is 59.0 Å². The van der Waals surface area contributed by atoms with Crippen LogP contribution in [0.15, 0.2) is 72.8 Å². The molecular formula is C27H37NO4Si. The summed E-state index contributed by atoms with van der Waals surface area (Å²) in [5.41, 5.74) is 0. The summed E-state index contributed by atoms with van der Waals surface area (Å²) in [6.45, 7) is 6.82. The van der Waals surface area contributed by atoms with Gasteiger partial charge in [0.1, 0.15) is 0 Å².